The molecule has 0 N–H and O–H groups in total. The molecule has 1 aromatic heterocycles. The number of aryl methyl sites for hydroxylation is 1. The summed E-state index contributed by atoms with van der Waals surface area (Å²) in [5, 5.41) is 0. The summed E-state index contributed by atoms with van der Waals surface area (Å²) >= 11 is 3.29. The van der Waals surface area contributed by atoms with Crippen LogP contribution in [0.2, 0.25) is 0 Å². The molecule has 1 amide bonds. The molecule has 0 fully saturated rings. The number of nitrogens with zero attached hydrogens (tertiary/aromatic N) is 2. The van der Waals surface area contributed by atoms with E-state index in [1.165, 1.54) is 11.0 Å². The van der Waals surface area contributed by atoms with Gasteiger partial charge in [0, 0.05) is 24.1 Å². The Balaban J connectivity index is 1.98. The van der Waals surface area contributed by atoms with Crippen LogP contribution in [0.25, 0.3) is 0 Å². The van der Waals surface area contributed by atoms with E-state index < -0.39 is 0 Å². The van der Waals surface area contributed by atoms with Gasteiger partial charge in [0.2, 0.25) is 5.91 Å². The first-order valence-corrected chi connectivity index (χ1v) is 6.99. The normalized spacial score (nSPS) is 10.3. The number of carbonyl (C=O) groups is 1. The summed E-state index contributed by atoms with van der Waals surface area (Å²) in [7, 11) is 1.67. The summed E-state index contributed by atoms with van der Waals surface area (Å²) in [6.07, 6.45) is 2.26. The molecule has 1 aromatic carbocycles. The fraction of sp³-hybridized carbons (Fsp3) is 0.200. The predicted molar refractivity (Wildman–Crippen MR) is 80.1 cm³/mol. The van der Waals surface area contributed by atoms with Crippen molar-refractivity contribution < 1.29 is 9.18 Å². The molecule has 0 unspecified atom stereocenters. The van der Waals surface area contributed by atoms with Crippen molar-refractivity contribution in [2.24, 2.45) is 0 Å². The molecule has 0 saturated carbocycles. The minimum absolute atomic E-state index is 0.0944. The summed E-state index contributed by atoms with van der Waals surface area (Å²) in [6.45, 7) is 0. The van der Waals surface area contributed by atoms with Crippen LogP contribution in [-0.2, 0) is 11.2 Å². The number of aromatic nitrogens is 1. The third kappa shape index (κ3) is 3.63. The van der Waals surface area contributed by atoms with Crippen molar-refractivity contribution in [1.29, 1.82) is 0 Å². The molecule has 0 atom stereocenters. The first-order chi connectivity index (χ1) is 9.58. The number of halogens is 2. The van der Waals surface area contributed by atoms with Crippen LogP contribution in [0.1, 0.15) is 12.0 Å². The van der Waals surface area contributed by atoms with E-state index >= 15 is 0 Å². The van der Waals surface area contributed by atoms with Gasteiger partial charge < -0.3 is 0 Å². The zero-order valence-corrected chi connectivity index (χ0v) is 12.6. The lowest BCUT2D eigenvalue weighted by molar-refractivity contribution is -0.118. The maximum absolute atomic E-state index is 13.5. The van der Waals surface area contributed by atoms with Crippen LogP contribution in [-0.4, -0.2) is 17.9 Å². The Kier molecular flexibility index (Phi) is 4.84. The minimum atomic E-state index is -0.273. The molecule has 0 aliphatic carbocycles. The summed E-state index contributed by atoms with van der Waals surface area (Å²) in [5.41, 5.74) is 0.554. The highest BCUT2D eigenvalue weighted by Crippen LogP contribution is 2.15. The average molecular weight is 337 g/mol. The van der Waals surface area contributed by atoms with Crippen LogP contribution in [0.4, 0.5) is 10.2 Å². The van der Waals surface area contributed by atoms with Crippen LogP contribution >= 0.6 is 15.9 Å². The van der Waals surface area contributed by atoms with E-state index in [1.807, 2.05) is 6.07 Å². The number of amides is 1. The van der Waals surface area contributed by atoms with E-state index in [2.05, 4.69) is 20.9 Å². The Bertz CT molecular complexity index is 601. The number of rotatable bonds is 4. The molecular formula is C15H14BrFN2O. The Morgan fingerprint density at radius 1 is 1.30 bits per heavy atom. The van der Waals surface area contributed by atoms with Gasteiger partial charge in [-0.3, -0.25) is 9.69 Å². The predicted octanol–water partition coefficient (Wildman–Crippen LogP) is 3.58. The zero-order valence-electron chi connectivity index (χ0n) is 11.0. The zero-order chi connectivity index (χ0) is 14.5. The van der Waals surface area contributed by atoms with E-state index in [9.17, 15) is 9.18 Å². The molecule has 2 aromatic rings. The van der Waals surface area contributed by atoms with Gasteiger partial charge in [-0.1, -0.05) is 18.2 Å². The van der Waals surface area contributed by atoms with Crippen molar-refractivity contribution in [3.63, 3.8) is 0 Å². The van der Waals surface area contributed by atoms with Gasteiger partial charge in [-0.05, 0) is 46.1 Å². The molecule has 0 aliphatic heterocycles. The number of hydrogen-bond acceptors (Lipinski definition) is 2. The second-order valence-electron chi connectivity index (χ2n) is 4.38. The standard InChI is InChI=1S/C15H14BrFN2O/c1-19(14-8-7-12(16)10-18-14)15(20)9-6-11-4-2-3-5-13(11)17/h2-5,7-8,10H,6,9H2,1H3. The second kappa shape index (κ2) is 6.61. The number of pyridine rings is 1. The highest BCUT2D eigenvalue weighted by molar-refractivity contribution is 9.10. The highest BCUT2D eigenvalue weighted by Gasteiger charge is 2.13. The summed E-state index contributed by atoms with van der Waals surface area (Å²) in [5.74, 6) is 0.208. The van der Waals surface area contributed by atoms with Gasteiger partial charge in [-0.25, -0.2) is 9.37 Å². The van der Waals surface area contributed by atoms with Gasteiger partial charge in [0.15, 0.2) is 0 Å². The first-order valence-electron chi connectivity index (χ1n) is 6.19. The minimum Gasteiger partial charge on any atom is -0.300 e. The molecule has 104 valence electrons. The maximum atomic E-state index is 13.5. The van der Waals surface area contributed by atoms with Crippen LogP contribution < -0.4 is 4.90 Å². The molecule has 2 rings (SSSR count). The Labute approximate surface area is 125 Å². The van der Waals surface area contributed by atoms with Crippen molar-refractivity contribution in [1.82, 2.24) is 4.98 Å². The van der Waals surface area contributed by atoms with E-state index in [1.54, 1.807) is 37.5 Å². The number of hydrogen-bond donors (Lipinski definition) is 0. The van der Waals surface area contributed by atoms with E-state index in [0.717, 1.165) is 4.47 Å². The molecule has 1 heterocycles. The highest BCUT2D eigenvalue weighted by atomic mass is 79.9. The largest absolute Gasteiger partial charge is 0.300 e. The molecule has 0 spiro atoms. The lowest BCUT2D eigenvalue weighted by atomic mass is 10.1. The number of anilines is 1. The van der Waals surface area contributed by atoms with Crippen LogP contribution in [0, 0.1) is 5.82 Å². The van der Waals surface area contributed by atoms with Gasteiger partial charge in [0.05, 0.1) is 0 Å². The van der Waals surface area contributed by atoms with E-state index in [4.69, 9.17) is 0 Å². The van der Waals surface area contributed by atoms with Crippen molar-refractivity contribution >= 4 is 27.7 Å². The fourth-order valence-electron chi connectivity index (χ4n) is 1.80. The average Bonchev–Trinajstić information content (AvgIpc) is 2.46. The smallest absolute Gasteiger partial charge is 0.228 e. The molecule has 0 radical (unpaired) electrons. The first kappa shape index (κ1) is 14.7. The van der Waals surface area contributed by atoms with Gasteiger partial charge in [-0.15, -0.1) is 0 Å². The van der Waals surface area contributed by atoms with Gasteiger partial charge in [0.1, 0.15) is 11.6 Å². The number of benzene rings is 1. The topological polar surface area (TPSA) is 33.2 Å². The lowest BCUT2D eigenvalue weighted by Gasteiger charge is -2.16. The summed E-state index contributed by atoms with van der Waals surface area (Å²) < 4.78 is 14.3. The van der Waals surface area contributed by atoms with Crippen LogP contribution in [0.15, 0.2) is 47.1 Å². The molecule has 3 nitrogen and oxygen atoms in total. The Hall–Kier alpha value is -1.75. The van der Waals surface area contributed by atoms with Gasteiger partial charge >= 0.3 is 0 Å². The summed E-state index contributed by atoms with van der Waals surface area (Å²) in [6, 6.07) is 10.1. The molecular weight excluding hydrogens is 323 g/mol. The van der Waals surface area contributed by atoms with E-state index in [-0.39, 0.29) is 18.1 Å². The molecule has 0 saturated heterocycles. The van der Waals surface area contributed by atoms with Crippen molar-refractivity contribution in [2.75, 3.05) is 11.9 Å². The molecule has 0 aliphatic rings. The Morgan fingerprint density at radius 3 is 2.70 bits per heavy atom. The van der Waals surface area contributed by atoms with Gasteiger partial charge in [-0.2, -0.15) is 0 Å². The van der Waals surface area contributed by atoms with Crippen LogP contribution in [0.5, 0.6) is 0 Å². The fourth-order valence-corrected chi connectivity index (χ4v) is 2.04. The second-order valence-corrected chi connectivity index (χ2v) is 5.29. The Morgan fingerprint density at radius 2 is 2.05 bits per heavy atom. The molecule has 0 bridgehead atoms. The molecule has 5 heteroatoms. The van der Waals surface area contributed by atoms with Crippen molar-refractivity contribution in [2.45, 2.75) is 12.8 Å². The number of carbonyl (C=O) groups excluding carboxylic acids is 1. The molecule has 20 heavy (non-hydrogen) atoms. The SMILES string of the molecule is CN(C(=O)CCc1ccccc1F)c1ccc(Br)cn1. The third-order valence-electron chi connectivity index (χ3n) is 3.00. The van der Waals surface area contributed by atoms with E-state index in [0.29, 0.717) is 17.8 Å². The monoisotopic (exact) mass is 336 g/mol. The quantitative estimate of drug-likeness (QED) is 0.854. The van der Waals surface area contributed by atoms with Crippen molar-refractivity contribution in [3.8, 4) is 0 Å². The summed E-state index contributed by atoms with van der Waals surface area (Å²) in [4.78, 5) is 17.7. The van der Waals surface area contributed by atoms with Gasteiger partial charge in [0.25, 0.3) is 0 Å². The lowest BCUT2D eigenvalue weighted by Crippen LogP contribution is -2.27. The van der Waals surface area contributed by atoms with Crippen molar-refractivity contribution in [3.05, 3.63) is 58.4 Å². The maximum Gasteiger partial charge on any atom is 0.228 e. The van der Waals surface area contributed by atoms with Crippen LogP contribution in [0.3, 0.4) is 0 Å². The third-order valence-corrected chi connectivity index (χ3v) is 3.46.